The molecule has 0 amide bonds. The molecule has 0 N–H and O–H groups in total. The molecule has 4 atom stereocenters. The van der Waals surface area contributed by atoms with E-state index in [1.54, 1.807) is 0 Å². The largest absolute Gasteiger partial charge is 0.346 e. The minimum Gasteiger partial charge on any atom is -0.346 e. The summed E-state index contributed by atoms with van der Waals surface area (Å²) in [5.74, 6) is -0.0285. The van der Waals surface area contributed by atoms with Crippen LogP contribution in [0.5, 0.6) is 0 Å². The molecular formula is C10H18O3. The van der Waals surface area contributed by atoms with Gasteiger partial charge in [0.1, 0.15) is 6.10 Å². The van der Waals surface area contributed by atoms with E-state index in [1.165, 1.54) is 0 Å². The van der Waals surface area contributed by atoms with Gasteiger partial charge in [0.15, 0.2) is 12.1 Å². The van der Waals surface area contributed by atoms with Crippen LogP contribution >= 0.6 is 0 Å². The molecule has 2 heterocycles. The molecule has 2 fully saturated rings. The van der Waals surface area contributed by atoms with E-state index in [9.17, 15) is 0 Å². The molecule has 1 unspecified atom stereocenters. The third-order valence-electron chi connectivity index (χ3n) is 2.90. The molecule has 2 rings (SSSR count). The topological polar surface area (TPSA) is 27.7 Å². The van der Waals surface area contributed by atoms with Crippen molar-refractivity contribution < 1.29 is 14.2 Å². The summed E-state index contributed by atoms with van der Waals surface area (Å²) in [6.07, 6.45) is 1.31. The Balaban J connectivity index is 2.07. The quantitative estimate of drug-likeness (QED) is 0.626. The summed E-state index contributed by atoms with van der Waals surface area (Å²) in [4.78, 5) is 0. The van der Waals surface area contributed by atoms with Gasteiger partial charge in [-0.05, 0) is 20.3 Å². The summed E-state index contributed by atoms with van der Waals surface area (Å²) < 4.78 is 17.1. The first-order chi connectivity index (χ1) is 6.03. The smallest absolute Gasteiger partial charge is 0.187 e. The predicted molar refractivity (Wildman–Crippen MR) is 48.2 cm³/mol. The fraction of sp³-hybridized carbons (Fsp3) is 1.00. The summed E-state index contributed by atoms with van der Waals surface area (Å²) in [6, 6.07) is 0. The molecule has 2 saturated heterocycles. The fourth-order valence-electron chi connectivity index (χ4n) is 2.19. The normalized spacial score (nSPS) is 48.0. The number of fused-ring (bicyclic) bond motifs is 1. The maximum atomic E-state index is 5.77. The van der Waals surface area contributed by atoms with E-state index in [4.69, 9.17) is 14.2 Å². The van der Waals surface area contributed by atoms with E-state index in [0.29, 0.717) is 12.0 Å². The van der Waals surface area contributed by atoms with Crippen LogP contribution in [0.4, 0.5) is 0 Å². The summed E-state index contributed by atoms with van der Waals surface area (Å²) >= 11 is 0. The second kappa shape index (κ2) is 2.94. The van der Waals surface area contributed by atoms with Gasteiger partial charge in [-0.1, -0.05) is 13.8 Å². The lowest BCUT2D eigenvalue weighted by molar-refractivity contribution is -0.209. The van der Waals surface area contributed by atoms with E-state index in [-0.39, 0.29) is 12.4 Å². The SMILES string of the molecule is CC[C@H]1O[C@@H]2OC(C)(C)OC2[C@@H]1C. The minimum absolute atomic E-state index is 0.125. The highest BCUT2D eigenvalue weighted by molar-refractivity contribution is 4.89. The highest BCUT2D eigenvalue weighted by atomic mass is 16.8. The Hall–Kier alpha value is -0.120. The Morgan fingerprint density at radius 1 is 1.23 bits per heavy atom. The van der Waals surface area contributed by atoms with Gasteiger partial charge in [-0.2, -0.15) is 0 Å². The third-order valence-corrected chi connectivity index (χ3v) is 2.90. The van der Waals surface area contributed by atoms with Crippen LogP contribution < -0.4 is 0 Å². The zero-order chi connectivity index (χ0) is 9.64. The summed E-state index contributed by atoms with van der Waals surface area (Å²) in [5, 5.41) is 0. The molecule has 0 aromatic heterocycles. The molecule has 3 nitrogen and oxygen atoms in total. The Bertz CT molecular complexity index is 202. The average molecular weight is 186 g/mol. The molecule has 0 bridgehead atoms. The van der Waals surface area contributed by atoms with Crippen molar-refractivity contribution in [2.75, 3.05) is 0 Å². The summed E-state index contributed by atoms with van der Waals surface area (Å²) in [7, 11) is 0. The van der Waals surface area contributed by atoms with Crippen LogP contribution in [0.1, 0.15) is 34.1 Å². The van der Waals surface area contributed by atoms with Crippen LogP contribution in [0.3, 0.4) is 0 Å². The highest BCUT2D eigenvalue weighted by Gasteiger charge is 2.52. The van der Waals surface area contributed by atoms with Crippen molar-refractivity contribution in [3.63, 3.8) is 0 Å². The molecule has 3 heteroatoms. The van der Waals surface area contributed by atoms with Crippen LogP contribution in [0, 0.1) is 5.92 Å². The number of hydrogen-bond donors (Lipinski definition) is 0. The Morgan fingerprint density at radius 2 is 1.92 bits per heavy atom. The van der Waals surface area contributed by atoms with Crippen LogP contribution in [0.15, 0.2) is 0 Å². The maximum Gasteiger partial charge on any atom is 0.187 e. The molecular weight excluding hydrogens is 168 g/mol. The number of ether oxygens (including phenoxy) is 3. The van der Waals surface area contributed by atoms with Crippen LogP contribution in [0.2, 0.25) is 0 Å². The van der Waals surface area contributed by atoms with Gasteiger partial charge < -0.3 is 14.2 Å². The van der Waals surface area contributed by atoms with Crippen molar-refractivity contribution in [1.29, 1.82) is 0 Å². The number of rotatable bonds is 1. The van der Waals surface area contributed by atoms with Crippen LogP contribution in [-0.4, -0.2) is 24.3 Å². The van der Waals surface area contributed by atoms with Gasteiger partial charge in [0.05, 0.1) is 6.10 Å². The molecule has 0 aromatic carbocycles. The van der Waals surface area contributed by atoms with E-state index < -0.39 is 5.79 Å². The van der Waals surface area contributed by atoms with Gasteiger partial charge in [0.2, 0.25) is 0 Å². The molecule has 2 aliphatic heterocycles. The Kier molecular flexibility index (Phi) is 2.13. The van der Waals surface area contributed by atoms with Crippen molar-refractivity contribution in [3.8, 4) is 0 Å². The summed E-state index contributed by atoms with van der Waals surface area (Å²) in [5.41, 5.74) is 0. The van der Waals surface area contributed by atoms with Crippen molar-refractivity contribution in [2.24, 2.45) is 5.92 Å². The molecule has 0 aliphatic carbocycles. The molecule has 0 saturated carbocycles. The first-order valence-corrected chi connectivity index (χ1v) is 5.04. The van der Waals surface area contributed by atoms with Crippen molar-refractivity contribution in [1.82, 2.24) is 0 Å². The van der Waals surface area contributed by atoms with Gasteiger partial charge >= 0.3 is 0 Å². The molecule has 76 valence electrons. The van der Waals surface area contributed by atoms with Crippen LogP contribution in [-0.2, 0) is 14.2 Å². The van der Waals surface area contributed by atoms with Crippen molar-refractivity contribution >= 4 is 0 Å². The van der Waals surface area contributed by atoms with Gasteiger partial charge in [-0.25, -0.2) is 0 Å². The molecule has 0 aromatic rings. The second-order valence-corrected chi connectivity index (χ2v) is 4.41. The maximum absolute atomic E-state index is 5.77. The van der Waals surface area contributed by atoms with E-state index in [2.05, 4.69) is 13.8 Å². The van der Waals surface area contributed by atoms with Gasteiger partial charge in [-0.15, -0.1) is 0 Å². The first-order valence-electron chi connectivity index (χ1n) is 5.04. The van der Waals surface area contributed by atoms with Crippen LogP contribution in [0.25, 0.3) is 0 Å². The van der Waals surface area contributed by atoms with E-state index in [1.807, 2.05) is 13.8 Å². The Morgan fingerprint density at radius 3 is 2.46 bits per heavy atom. The van der Waals surface area contributed by atoms with Gasteiger partial charge in [0.25, 0.3) is 0 Å². The van der Waals surface area contributed by atoms with Gasteiger partial charge in [-0.3, -0.25) is 0 Å². The molecule has 0 radical (unpaired) electrons. The van der Waals surface area contributed by atoms with Crippen molar-refractivity contribution in [2.45, 2.75) is 58.4 Å². The third kappa shape index (κ3) is 1.49. The van der Waals surface area contributed by atoms with Crippen molar-refractivity contribution in [3.05, 3.63) is 0 Å². The lowest BCUT2D eigenvalue weighted by atomic mass is 9.99. The molecule has 13 heavy (non-hydrogen) atoms. The van der Waals surface area contributed by atoms with E-state index >= 15 is 0 Å². The standard InChI is InChI=1S/C10H18O3/c1-5-7-6(2)8-9(11-7)13-10(3,4)12-8/h6-9H,5H2,1-4H3/t6-,7-,8?,9-/m1/s1. The first kappa shape index (κ1) is 9.44. The minimum atomic E-state index is -0.470. The molecule has 2 aliphatic rings. The van der Waals surface area contributed by atoms with E-state index in [0.717, 1.165) is 6.42 Å². The highest BCUT2D eigenvalue weighted by Crippen LogP contribution is 2.41. The average Bonchev–Trinajstić information content (AvgIpc) is 2.47. The summed E-state index contributed by atoms with van der Waals surface area (Å²) in [6.45, 7) is 8.17. The monoisotopic (exact) mass is 186 g/mol. The Labute approximate surface area is 79.4 Å². The second-order valence-electron chi connectivity index (χ2n) is 4.41. The van der Waals surface area contributed by atoms with Gasteiger partial charge in [0, 0.05) is 5.92 Å². The zero-order valence-corrected chi connectivity index (χ0v) is 8.74. The fourth-order valence-corrected chi connectivity index (χ4v) is 2.19. The predicted octanol–water partition coefficient (Wildman–Crippen LogP) is 1.91. The lowest BCUT2D eigenvalue weighted by Gasteiger charge is -2.22. The zero-order valence-electron chi connectivity index (χ0n) is 8.74. The lowest BCUT2D eigenvalue weighted by Crippen LogP contribution is -2.28. The molecule has 0 spiro atoms. The number of hydrogen-bond acceptors (Lipinski definition) is 3.